The number of carbonyl (C=O) groups is 1. The fourth-order valence-electron chi connectivity index (χ4n) is 5.22. The van der Waals surface area contributed by atoms with Gasteiger partial charge in [-0.1, -0.05) is 181 Å². The molecule has 34 heavy (non-hydrogen) atoms. The highest BCUT2D eigenvalue weighted by atomic mass is 16.1. The molecule has 0 fully saturated rings. The van der Waals surface area contributed by atoms with Gasteiger partial charge >= 0.3 is 0 Å². The minimum Gasteiger partial charge on any atom is -0.300 e. The molecule has 204 valence electrons. The highest BCUT2D eigenvalue weighted by molar-refractivity contribution is 5.78. The van der Waals surface area contributed by atoms with Crippen LogP contribution in [0.3, 0.4) is 0 Å². The molecule has 0 rings (SSSR count). The lowest BCUT2D eigenvalue weighted by Gasteiger charge is -2.04. The van der Waals surface area contributed by atoms with Crippen LogP contribution in [0.15, 0.2) is 0 Å². The molecular weight excluding hydrogens is 412 g/mol. The summed E-state index contributed by atoms with van der Waals surface area (Å²) in [5.74, 6) is 0.474. The lowest BCUT2D eigenvalue weighted by Crippen LogP contribution is -1.96. The lowest BCUT2D eigenvalue weighted by atomic mass is 10.0. The number of Topliss-reactive ketones (excluding diaryl/α,β-unsaturated/α-hetero) is 1. The topological polar surface area (TPSA) is 17.1 Å². The standard InChI is InChI=1S/C33H66O/c1-3-5-6-7-8-9-10-11-12-13-14-15-16-17-18-19-20-21-22-23-24-25-26-27-28-29-30-32-33(34)31-4-2/h3-32H2,1-2H3. The maximum absolute atomic E-state index is 11.5. The Hall–Kier alpha value is -0.330. The first-order chi connectivity index (χ1) is 16.8. The predicted octanol–water partition coefficient (Wildman–Crippen LogP) is 12.3. The molecular formula is C33H66O. The molecule has 0 aromatic rings. The first-order valence-corrected chi connectivity index (χ1v) is 16.3. The second-order valence-corrected chi connectivity index (χ2v) is 11.2. The molecule has 0 bridgehead atoms. The predicted molar refractivity (Wildman–Crippen MR) is 155 cm³/mol. The van der Waals surface area contributed by atoms with E-state index in [9.17, 15) is 4.79 Å². The van der Waals surface area contributed by atoms with Gasteiger partial charge < -0.3 is 0 Å². The van der Waals surface area contributed by atoms with Gasteiger partial charge in [-0.05, 0) is 12.8 Å². The number of hydrogen-bond acceptors (Lipinski definition) is 1. The summed E-state index contributed by atoms with van der Waals surface area (Å²) in [6.07, 6.45) is 41.3. The summed E-state index contributed by atoms with van der Waals surface area (Å²) in [5.41, 5.74) is 0. The Bertz CT molecular complexity index is 375. The van der Waals surface area contributed by atoms with Crippen LogP contribution in [0.2, 0.25) is 0 Å². The largest absolute Gasteiger partial charge is 0.300 e. The first-order valence-electron chi connectivity index (χ1n) is 16.3. The zero-order valence-electron chi connectivity index (χ0n) is 24.1. The van der Waals surface area contributed by atoms with E-state index in [2.05, 4.69) is 13.8 Å². The molecule has 0 aromatic carbocycles. The van der Waals surface area contributed by atoms with Crippen LogP contribution in [0, 0.1) is 0 Å². The highest BCUT2D eigenvalue weighted by Gasteiger charge is 2.00. The van der Waals surface area contributed by atoms with Crippen molar-refractivity contribution in [3.8, 4) is 0 Å². The average molecular weight is 479 g/mol. The number of rotatable bonds is 30. The van der Waals surface area contributed by atoms with Crippen LogP contribution in [0.1, 0.15) is 206 Å². The van der Waals surface area contributed by atoms with Crippen LogP contribution < -0.4 is 0 Å². The van der Waals surface area contributed by atoms with Crippen molar-refractivity contribution < 1.29 is 4.79 Å². The molecule has 0 amide bonds. The minimum absolute atomic E-state index is 0.474. The van der Waals surface area contributed by atoms with Crippen molar-refractivity contribution in [2.45, 2.75) is 206 Å². The van der Waals surface area contributed by atoms with Crippen LogP contribution in [-0.2, 0) is 4.79 Å². The van der Waals surface area contributed by atoms with E-state index in [0.29, 0.717) is 5.78 Å². The molecule has 1 nitrogen and oxygen atoms in total. The van der Waals surface area contributed by atoms with Crippen molar-refractivity contribution in [1.29, 1.82) is 0 Å². The van der Waals surface area contributed by atoms with Crippen LogP contribution in [-0.4, -0.2) is 5.78 Å². The highest BCUT2D eigenvalue weighted by Crippen LogP contribution is 2.16. The molecule has 0 saturated carbocycles. The SMILES string of the molecule is CCCCCCCCCCCCCCCCCCCCCCCCCCCCCC(=O)CCC. The number of ketones is 1. The summed E-state index contributed by atoms with van der Waals surface area (Å²) < 4.78 is 0. The van der Waals surface area contributed by atoms with E-state index in [1.165, 1.54) is 167 Å². The fraction of sp³-hybridized carbons (Fsp3) is 0.970. The summed E-state index contributed by atoms with van der Waals surface area (Å²) in [6, 6.07) is 0. The Morgan fingerprint density at radius 2 is 0.529 bits per heavy atom. The number of hydrogen-bond donors (Lipinski definition) is 0. The number of unbranched alkanes of at least 4 members (excludes halogenated alkanes) is 26. The van der Waals surface area contributed by atoms with Gasteiger partial charge in [0.05, 0.1) is 0 Å². The van der Waals surface area contributed by atoms with Crippen LogP contribution >= 0.6 is 0 Å². The third kappa shape index (κ3) is 29.7. The van der Waals surface area contributed by atoms with Crippen LogP contribution in [0.4, 0.5) is 0 Å². The quantitative estimate of drug-likeness (QED) is 0.0938. The molecule has 0 aliphatic carbocycles. The maximum atomic E-state index is 11.5. The van der Waals surface area contributed by atoms with E-state index in [-0.39, 0.29) is 0 Å². The van der Waals surface area contributed by atoms with Crippen molar-refractivity contribution >= 4 is 5.78 Å². The molecule has 0 atom stereocenters. The van der Waals surface area contributed by atoms with Gasteiger partial charge in [-0.3, -0.25) is 4.79 Å². The fourth-order valence-corrected chi connectivity index (χ4v) is 5.22. The second kappa shape index (κ2) is 30.7. The van der Waals surface area contributed by atoms with E-state index in [1.807, 2.05) is 0 Å². The second-order valence-electron chi connectivity index (χ2n) is 11.2. The lowest BCUT2D eigenvalue weighted by molar-refractivity contribution is -0.119. The summed E-state index contributed by atoms with van der Waals surface area (Å²) in [7, 11) is 0. The smallest absolute Gasteiger partial charge is 0.132 e. The molecule has 0 spiro atoms. The molecule has 0 heterocycles. The molecule has 0 unspecified atom stereocenters. The van der Waals surface area contributed by atoms with Crippen molar-refractivity contribution in [3.63, 3.8) is 0 Å². The van der Waals surface area contributed by atoms with Gasteiger partial charge in [0, 0.05) is 12.8 Å². The van der Waals surface area contributed by atoms with Crippen LogP contribution in [0.25, 0.3) is 0 Å². The zero-order valence-corrected chi connectivity index (χ0v) is 24.1. The third-order valence-corrected chi connectivity index (χ3v) is 7.59. The molecule has 0 aliphatic heterocycles. The Morgan fingerprint density at radius 3 is 0.765 bits per heavy atom. The Kier molecular flexibility index (Phi) is 30.4. The number of carbonyl (C=O) groups excluding carboxylic acids is 1. The molecule has 0 saturated heterocycles. The average Bonchev–Trinajstić information content (AvgIpc) is 2.83. The van der Waals surface area contributed by atoms with Gasteiger partial charge in [0.1, 0.15) is 5.78 Å². The van der Waals surface area contributed by atoms with E-state index < -0.39 is 0 Å². The van der Waals surface area contributed by atoms with Gasteiger partial charge in [0.2, 0.25) is 0 Å². The molecule has 0 N–H and O–H groups in total. The van der Waals surface area contributed by atoms with Gasteiger partial charge in [-0.15, -0.1) is 0 Å². The van der Waals surface area contributed by atoms with Crippen LogP contribution in [0.5, 0.6) is 0 Å². The third-order valence-electron chi connectivity index (χ3n) is 7.59. The Balaban J connectivity index is 3.03. The van der Waals surface area contributed by atoms with Crippen molar-refractivity contribution in [1.82, 2.24) is 0 Å². The normalized spacial score (nSPS) is 11.4. The monoisotopic (exact) mass is 479 g/mol. The molecule has 0 aliphatic rings. The molecule has 1 heteroatoms. The maximum Gasteiger partial charge on any atom is 0.132 e. The zero-order chi connectivity index (χ0) is 24.8. The van der Waals surface area contributed by atoms with E-state index in [1.54, 1.807) is 0 Å². The Labute approximate surface area is 217 Å². The minimum atomic E-state index is 0.474. The van der Waals surface area contributed by atoms with Gasteiger partial charge in [-0.2, -0.15) is 0 Å². The Morgan fingerprint density at radius 1 is 0.294 bits per heavy atom. The summed E-state index contributed by atoms with van der Waals surface area (Å²) in [4.78, 5) is 11.5. The van der Waals surface area contributed by atoms with Crippen molar-refractivity contribution in [3.05, 3.63) is 0 Å². The van der Waals surface area contributed by atoms with E-state index >= 15 is 0 Å². The van der Waals surface area contributed by atoms with Crippen molar-refractivity contribution in [2.24, 2.45) is 0 Å². The first kappa shape index (κ1) is 33.7. The molecule has 0 aromatic heterocycles. The summed E-state index contributed by atoms with van der Waals surface area (Å²) in [6.45, 7) is 4.40. The van der Waals surface area contributed by atoms with Crippen molar-refractivity contribution in [2.75, 3.05) is 0 Å². The summed E-state index contributed by atoms with van der Waals surface area (Å²) in [5, 5.41) is 0. The molecule has 0 radical (unpaired) electrons. The van der Waals surface area contributed by atoms with Gasteiger partial charge in [-0.25, -0.2) is 0 Å². The van der Waals surface area contributed by atoms with E-state index in [4.69, 9.17) is 0 Å². The van der Waals surface area contributed by atoms with Gasteiger partial charge in [0.25, 0.3) is 0 Å². The van der Waals surface area contributed by atoms with E-state index in [0.717, 1.165) is 25.7 Å². The summed E-state index contributed by atoms with van der Waals surface area (Å²) >= 11 is 0. The van der Waals surface area contributed by atoms with Gasteiger partial charge in [0.15, 0.2) is 0 Å².